The highest BCUT2D eigenvalue weighted by atomic mass is 16.6. The van der Waals surface area contributed by atoms with E-state index < -0.39 is 0 Å². The van der Waals surface area contributed by atoms with Gasteiger partial charge in [0.25, 0.3) is 0 Å². The number of Topliss-reactive ketones (excluding diaryl/α,β-unsaturated/α-hetero) is 1. The van der Waals surface area contributed by atoms with Gasteiger partial charge < -0.3 is 18.9 Å². The number of rotatable bonds is 9. The molecule has 6 heteroatoms. The van der Waals surface area contributed by atoms with Crippen LogP contribution in [0.15, 0.2) is 30.2 Å². The van der Waals surface area contributed by atoms with Crippen molar-refractivity contribution in [3.8, 4) is 5.75 Å². The maximum absolute atomic E-state index is 12.9. The van der Waals surface area contributed by atoms with Gasteiger partial charge in [0.1, 0.15) is 24.7 Å². The van der Waals surface area contributed by atoms with Crippen molar-refractivity contribution in [1.29, 1.82) is 0 Å². The second kappa shape index (κ2) is 10.6. The first-order chi connectivity index (χ1) is 14.5. The number of carbonyl (C=O) groups excluding carboxylic acids is 2. The third-order valence-electron chi connectivity index (χ3n) is 5.68. The summed E-state index contributed by atoms with van der Waals surface area (Å²) in [5.41, 5.74) is 2.04. The fourth-order valence-electron chi connectivity index (χ4n) is 3.86. The fraction of sp³-hybridized carbons (Fsp3) is 0.583. The zero-order valence-corrected chi connectivity index (χ0v) is 18.1. The third kappa shape index (κ3) is 5.85. The van der Waals surface area contributed by atoms with E-state index in [4.69, 9.17) is 18.9 Å². The highest BCUT2D eigenvalue weighted by Gasteiger charge is 2.41. The van der Waals surface area contributed by atoms with Crippen molar-refractivity contribution in [2.75, 3.05) is 13.2 Å². The average Bonchev–Trinajstić information content (AvgIpc) is 2.74. The van der Waals surface area contributed by atoms with Crippen LogP contribution in [-0.4, -0.2) is 37.2 Å². The van der Waals surface area contributed by atoms with Crippen LogP contribution in [0.3, 0.4) is 0 Å². The lowest BCUT2D eigenvalue weighted by molar-refractivity contribution is -0.154. The number of hydrogen-bond acceptors (Lipinski definition) is 6. The Hall–Kier alpha value is -2.34. The molecule has 6 nitrogen and oxygen atoms in total. The number of carbonyl (C=O) groups is 2. The lowest BCUT2D eigenvalue weighted by Crippen LogP contribution is -2.43. The van der Waals surface area contributed by atoms with E-state index in [0.29, 0.717) is 31.6 Å². The summed E-state index contributed by atoms with van der Waals surface area (Å²) >= 11 is 0. The quantitative estimate of drug-likeness (QED) is 0.439. The van der Waals surface area contributed by atoms with Gasteiger partial charge in [0, 0.05) is 6.42 Å². The van der Waals surface area contributed by atoms with Gasteiger partial charge in [-0.25, -0.2) is 4.79 Å². The Morgan fingerprint density at radius 3 is 2.83 bits per heavy atom. The highest BCUT2D eigenvalue weighted by molar-refractivity contribution is 5.96. The zero-order valence-electron chi connectivity index (χ0n) is 18.1. The number of aryl methyl sites for hydroxylation is 2. The summed E-state index contributed by atoms with van der Waals surface area (Å²) in [6, 6.07) is 5.90. The first kappa shape index (κ1) is 22.3. The van der Waals surface area contributed by atoms with Crippen LogP contribution in [0.5, 0.6) is 5.75 Å². The summed E-state index contributed by atoms with van der Waals surface area (Å²) in [6.07, 6.45) is 6.01. The zero-order chi connectivity index (χ0) is 21.5. The normalized spacial score (nSPS) is 23.2. The molecule has 0 spiro atoms. The van der Waals surface area contributed by atoms with Crippen LogP contribution < -0.4 is 4.74 Å². The number of allylic oxidation sites excluding steroid dienone is 1. The Balaban J connectivity index is 1.49. The molecule has 0 amide bonds. The molecule has 3 rings (SSSR count). The minimum atomic E-state index is -0.335. The smallest absolute Gasteiger partial charge is 0.332 e. The lowest BCUT2D eigenvalue weighted by atomic mass is 9.80. The second-order valence-electron chi connectivity index (χ2n) is 8.17. The molecule has 1 fully saturated rings. The molecule has 0 radical (unpaired) electrons. The van der Waals surface area contributed by atoms with Crippen LogP contribution >= 0.6 is 0 Å². The van der Waals surface area contributed by atoms with Crippen LogP contribution in [0.4, 0.5) is 0 Å². The molecule has 2 aliphatic rings. The minimum absolute atomic E-state index is 0.0269. The van der Waals surface area contributed by atoms with Gasteiger partial charge in [-0.05, 0) is 50.3 Å². The van der Waals surface area contributed by atoms with Crippen molar-refractivity contribution in [2.24, 2.45) is 5.92 Å². The van der Waals surface area contributed by atoms with Gasteiger partial charge in [0.15, 0.2) is 0 Å². The van der Waals surface area contributed by atoms with Gasteiger partial charge in [-0.3, -0.25) is 4.79 Å². The van der Waals surface area contributed by atoms with Gasteiger partial charge >= 0.3 is 5.97 Å². The molecule has 1 saturated carbocycles. The van der Waals surface area contributed by atoms with Crippen LogP contribution in [0.2, 0.25) is 0 Å². The van der Waals surface area contributed by atoms with Gasteiger partial charge in [0.05, 0.1) is 18.6 Å². The van der Waals surface area contributed by atoms with Gasteiger partial charge in [-0.15, -0.1) is 0 Å². The maximum atomic E-state index is 12.9. The number of fused-ring (bicyclic) bond motifs is 1. The first-order valence-electron chi connectivity index (χ1n) is 10.9. The molecule has 3 unspecified atom stereocenters. The molecule has 1 aliphatic heterocycles. The Kier molecular flexibility index (Phi) is 7.91. The van der Waals surface area contributed by atoms with Crippen molar-refractivity contribution in [3.63, 3.8) is 0 Å². The molecular formula is C24H32O6. The van der Waals surface area contributed by atoms with Crippen molar-refractivity contribution in [1.82, 2.24) is 0 Å². The third-order valence-corrected chi connectivity index (χ3v) is 5.68. The summed E-state index contributed by atoms with van der Waals surface area (Å²) in [6.45, 7) is 6.42. The number of ether oxygens (including phenoxy) is 4. The molecule has 1 heterocycles. The molecule has 30 heavy (non-hydrogen) atoms. The van der Waals surface area contributed by atoms with Crippen molar-refractivity contribution >= 4 is 11.8 Å². The Morgan fingerprint density at radius 1 is 1.20 bits per heavy atom. The molecule has 0 N–H and O–H groups in total. The molecule has 1 aromatic carbocycles. The Labute approximate surface area is 178 Å². The Bertz CT molecular complexity index is 784. The van der Waals surface area contributed by atoms with Crippen LogP contribution in [0, 0.1) is 19.8 Å². The molecule has 0 bridgehead atoms. The summed E-state index contributed by atoms with van der Waals surface area (Å²) in [5.74, 6) is 0.320. The average molecular weight is 417 g/mol. The summed E-state index contributed by atoms with van der Waals surface area (Å²) in [7, 11) is 0. The number of ketones is 1. The molecule has 164 valence electrons. The van der Waals surface area contributed by atoms with E-state index >= 15 is 0 Å². The Morgan fingerprint density at radius 2 is 2.03 bits per heavy atom. The van der Waals surface area contributed by atoms with Crippen LogP contribution in [0.1, 0.15) is 56.6 Å². The van der Waals surface area contributed by atoms with Gasteiger partial charge in [0.2, 0.25) is 11.5 Å². The highest BCUT2D eigenvalue weighted by Crippen LogP contribution is 2.35. The molecule has 0 saturated heterocycles. The summed E-state index contributed by atoms with van der Waals surface area (Å²) in [4.78, 5) is 24.7. The maximum Gasteiger partial charge on any atom is 0.332 e. The van der Waals surface area contributed by atoms with E-state index in [2.05, 4.69) is 6.92 Å². The van der Waals surface area contributed by atoms with Crippen molar-refractivity contribution < 1.29 is 28.5 Å². The van der Waals surface area contributed by atoms with E-state index in [1.165, 1.54) is 6.26 Å². The van der Waals surface area contributed by atoms with E-state index in [1.54, 1.807) is 0 Å². The second-order valence-corrected chi connectivity index (χ2v) is 8.17. The largest absolute Gasteiger partial charge is 0.493 e. The summed E-state index contributed by atoms with van der Waals surface area (Å²) in [5, 5.41) is 0. The van der Waals surface area contributed by atoms with Crippen LogP contribution in [0.25, 0.3) is 0 Å². The van der Waals surface area contributed by atoms with Gasteiger partial charge in [-0.2, -0.15) is 0 Å². The molecule has 1 aromatic rings. The summed E-state index contributed by atoms with van der Waals surface area (Å²) < 4.78 is 22.6. The number of hydrogen-bond donors (Lipinski definition) is 0. The number of benzene rings is 1. The van der Waals surface area contributed by atoms with E-state index in [1.807, 2.05) is 32.0 Å². The molecule has 3 atom stereocenters. The SMILES string of the molecule is CCCCCOC(=O)COC1CCC2C(=O)C(Oc3cc(C)ccc3C)=COC2C1. The predicted octanol–water partition coefficient (Wildman–Crippen LogP) is 4.41. The van der Waals surface area contributed by atoms with E-state index in [0.717, 1.165) is 30.4 Å². The monoisotopic (exact) mass is 416 g/mol. The topological polar surface area (TPSA) is 71.1 Å². The van der Waals surface area contributed by atoms with Gasteiger partial charge in [-0.1, -0.05) is 31.9 Å². The molecule has 0 aromatic heterocycles. The van der Waals surface area contributed by atoms with Crippen LogP contribution in [-0.2, 0) is 23.8 Å². The van der Waals surface area contributed by atoms with Crippen molar-refractivity contribution in [3.05, 3.63) is 41.3 Å². The standard InChI is InChI=1S/C24H32O6/c1-4-5-6-11-27-23(25)15-28-18-9-10-19-21(13-18)29-14-22(24(19)26)30-20-12-16(2)7-8-17(20)3/h7-8,12,14,18-19,21H,4-6,9-11,13,15H2,1-3H3. The molecule has 1 aliphatic carbocycles. The lowest BCUT2D eigenvalue weighted by Gasteiger charge is -2.37. The van der Waals surface area contributed by atoms with E-state index in [9.17, 15) is 9.59 Å². The first-order valence-corrected chi connectivity index (χ1v) is 10.9. The number of esters is 1. The fourth-order valence-corrected chi connectivity index (χ4v) is 3.86. The number of unbranched alkanes of at least 4 members (excludes halogenated alkanes) is 2. The minimum Gasteiger partial charge on any atom is -0.493 e. The van der Waals surface area contributed by atoms with E-state index in [-0.39, 0.29) is 42.2 Å². The molecular weight excluding hydrogens is 384 g/mol. The van der Waals surface area contributed by atoms with Crippen molar-refractivity contribution in [2.45, 2.75) is 71.5 Å². The predicted molar refractivity (Wildman–Crippen MR) is 112 cm³/mol.